The zero-order valence-corrected chi connectivity index (χ0v) is 22.2. The second kappa shape index (κ2) is 11.5. The van der Waals surface area contributed by atoms with E-state index in [1.165, 1.54) is 47.0 Å². The summed E-state index contributed by atoms with van der Waals surface area (Å²) in [6.07, 6.45) is 0.708. The average molecular weight is 549 g/mol. The van der Waals surface area contributed by atoms with E-state index in [0.29, 0.717) is 48.7 Å². The molecule has 1 fully saturated rings. The Labute approximate surface area is 218 Å². The Bertz CT molecular complexity index is 1450. The third kappa shape index (κ3) is 5.90. The molecule has 0 radical (unpaired) electrons. The molecule has 13 heteroatoms. The molecule has 0 bridgehead atoms. The lowest BCUT2D eigenvalue weighted by atomic mass is 9.98. The largest absolute Gasteiger partial charge is 0.497 e. The van der Waals surface area contributed by atoms with Crippen LogP contribution < -0.4 is 9.54 Å². The molecule has 2 aromatic carbocycles. The smallest absolute Gasteiger partial charge is 0.271 e. The number of nitrogens with zero attached hydrogens (tertiary/aromatic N) is 4. The molecule has 2 heterocycles. The molecule has 0 N–H and O–H groups in total. The topological polar surface area (TPSA) is 133 Å². The number of hydrogen-bond acceptors (Lipinski definition) is 8. The summed E-state index contributed by atoms with van der Waals surface area (Å²) in [5.74, 6) is -0.172. The van der Waals surface area contributed by atoms with Gasteiger partial charge in [0.05, 0.1) is 33.8 Å². The maximum Gasteiger partial charge on any atom is 0.271 e. The van der Waals surface area contributed by atoms with Crippen LogP contribution in [0.3, 0.4) is 0 Å². The normalized spacial score (nSPS) is 15.8. The van der Waals surface area contributed by atoms with Gasteiger partial charge in [0.15, 0.2) is 4.80 Å². The summed E-state index contributed by atoms with van der Waals surface area (Å²) in [5, 5.41) is 11.3. The number of carbonyl (C=O) groups is 1. The molecule has 37 heavy (non-hydrogen) atoms. The van der Waals surface area contributed by atoms with Crippen molar-refractivity contribution in [3.8, 4) is 5.75 Å². The van der Waals surface area contributed by atoms with Gasteiger partial charge < -0.3 is 14.0 Å². The summed E-state index contributed by atoms with van der Waals surface area (Å²) in [6.45, 7) is 3.57. The highest BCUT2D eigenvalue weighted by molar-refractivity contribution is 7.89. The van der Waals surface area contributed by atoms with Crippen molar-refractivity contribution in [3.63, 3.8) is 0 Å². The molecule has 11 nitrogen and oxygen atoms in total. The summed E-state index contributed by atoms with van der Waals surface area (Å²) < 4.78 is 40.5. The van der Waals surface area contributed by atoms with Crippen LogP contribution >= 0.6 is 11.3 Å². The summed E-state index contributed by atoms with van der Waals surface area (Å²) in [5.41, 5.74) is 0.574. The number of benzene rings is 2. The van der Waals surface area contributed by atoms with Crippen LogP contribution in [0.2, 0.25) is 0 Å². The fourth-order valence-corrected chi connectivity index (χ4v) is 6.71. The van der Waals surface area contributed by atoms with Crippen molar-refractivity contribution in [3.05, 3.63) is 57.4 Å². The van der Waals surface area contributed by atoms with Crippen LogP contribution in [0.15, 0.2) is 52.4 Å². The Balaban J connectivity index is 1.53. The maximum absolute atomic E-state index is 13.1. The van der Waals surface area contributed by atoms with Crippen LogP contribution in [0.5, 0.6) is 5.75 Å². The molecule has 1 saturated heterocycles. The SMILES string of the molecule is CCOCCn1c(=NC(=O)C2CCN(S(=O)(=O)c3ccc(OC)cc3)CC2)sc2ccc([N+](=O)[O-])cc21. The number of ether oxygens (including phenoxy) is 2. The Morgan fingerprint density at radius 1 is 1.19 bits per heavy atom. The highest BCUT2D eigenvalue weighted by atomic mass is 32.2. The Morgan fingerprint density at radius 3 is 2.51 bits per heavy atom. The molecule has 1 aliphatic rings. The molecule has 0 unspecified atom stereocenters. The van der Waals surface area contributed by atoms with Gasteiger partial charge in [0, 0.05) is 44.3 Å². The third-order valence-electron chi connectivity index (χ3n) is 6.25. The van der Waals surface area contributed by atoms with Crippen LogP contribution in [0.25, 0.3) is 10.2 Å². The highest BCUT2D eigenvalue weighted by Crippen LogP contribution is 2.27. The fraction of sp³-hybridized carbons (Fsp3) is 0.417. The van der Waals surface area contributed by atoms with Gasteiger partial charge in [-0.25, -0.2) is 8.42 Å². The first kappa shape index (κ1) is 26.9. The van der Waals surface area contributed by atoms with Gasteiger partial charge in [0.2, 0.25) is 10.0 Å². The molecule has 198 valence electrons. The summed E-state index contributed by atoms with van der Waals surface area (Å²) in [6, 6.07) is 10.8. The number of fused-ring (bicyclic) bond motifs is 1. The van der Waals surface area contributed by atoms with E-state index in [-0.39, 0.29) is 29.6 Å². The third-order valence-corrected chi connectivity index (χ3v) is 9.22. The van der Waals surface area contributed by atoms with Crippen molar-refractivity contribution in [2.45, 2.75) is 31.2 Å². The number of aromatic nitrogens is 1. The number of methoxy groups -OCH3 is 1. The number of amides is 1. The molecule has 0 atom stereocenters. The van der Waals surface area contributed by atoms with Gasteiger partial charge in [-0.15, -0.1) is 0 Å². The molecule has 1 amide bonds. The van der Waals surface area contributed by atoms with Crippen LogP contribution in [-0.4, -0.2) is 61.5 Å². The predicted molar refractivity (Wildman–Crippen MR) is 138 cm³/mol. The molecular formula is C24H28N4O7S2. The Kier molecular flexibility index (Phi) is 8.37. The number of carbonyl (C=O) groups excluding carboxylic acids is 1. The number of non-ortho nitro benzene ring substituents is 1. The standard InChI is InChI=1S/C24H28N4O7S2/c1-3-35-15-14-27-21-16-18(28(30)31)4-9-22(21)36-24(27)25-23(29)17-10-12-26(13-11-17)37(32,33)20-7-5-19(34-2)6-8-20/h4-9,16-17H,3,10-15H2,1-2H3. The molecule has 0 spiro atoms. The average Bonchev–Trinajstić information content (AvgIpc) is 3.24. The van der Waals surface area contributed by atoms with Crippen molar-refractivity contribution in [1.82, 2.24) is 8.87 Å². The minimum Gasteiger partial charge on any atom is -0.497 e. The van der Waals surface area contributed by atoms with E-state index in [1.807, 2.05) is 6.92 Å². The number of piperidine rings is 1. The first-order chi connectivity index (χ1) is 17.7. The van der Waals surface area contributed by atoms with E-state index in [2.05, 4.69) is 4.99 Å². The molecule has 0 saturated carbocycles. The quantitative estimate of drug-likeness (QED) is 0.228. The summed E-state index contributed by atoms with van der Waals surface area (Å²) in [4.78, 5) is 28.9. The molecule has 4 rings (SSSR count). The van der Waals surface area contributed by atoms with Gasteiger partial charge in [-0.2, -0.15) is 9.30 Å². The molecular weight excluding hydrogens is 520 g/mol. The van der Waals surface area contributed by atoms with Crippen molar-refractivity contribution in [2.75, 3.05) is 33.4 Å². The number of rotatable bonds is 9. The number of sulfonamides is 1. The highest BCUT2D eigenvalue weighted by Gasteiger charge is 2.32. The predicted octanol–water partition coefficient (Wildman–Crippen LogP) is 3.18. The fourth-order valence-electron chi connectivity index (χ4n) is 4.20. The zero-order valence-electron chi connectivity index (χ0n) is 20.5. The summed E-state index contributed by atoms with van der Waals surface area (Å²) in [7, 11) is -2.16. The number of hydrogen-bond donors (Lipinski definition) is 0. The van der Waals surface area contributed by atoms with E-state index in [4.69, 9.17) is 9.47 Å². The van der Waals surface area contributed by atoms with Gasteiger partial charge in [0.1, 0.15) is 5.75 Å². The number of nitro benzene ring substituents is 1. The minimum atomic E-state index is -3.68. The second-order valence-corrected chi connectivity index (χ2v) is 11.4. The van der Waals surface area contributed by atoms with Gasteiger partial charge in [-0.05, 0) is 50.1 Å². The van der Waals surface area contributed by atoms with Crippen molar-refractivity contribution in [2.24, 2.45) is 10.9 Å². The second-order valence-electron chi connectivity index (χ2n) is 8.45. The van der Waals surface area contributed by atoms with E-state index < -0.39 is 20.9 Å². The zero-order chi connectivity index (χ0) is 26.6. The van der Waals surface area contributed by atoms with E-state index in [1.54, 1.807) is 22.8 Å². The maximum atomic E-state index is 13.1. The lowest BCUT2D eigenvalue weighted by Gasteiger charge is -2.29. The van der Waals surface area contributed by atoms with Gasteiger partial charge in [-0.1, -0.05) is 11.3 Å². The lowest BCUT2D eigenvalue weighted by Crippen LogP contribution is -2.40. The molecule has 0 aliphatic carbocycles. The van der Waals surface area contributed by atoms with Crippen LogP contribution in [0.1, 0.15) is 19.8 Å². The van der Waals surface area contributed by atoms with Crippen molar-refractivity contribution < 1.29 is 27.6 Å². The van der Waals surface area contributed by atoms with Crippen LogP contribution in [-0.2, 0) is 26.1 Å². The van der Waals surface area contributed by atoms with Gasteiger partial charge in [0.25, 0.3) is 11.6 Å². The van der Waals surface area contributed by atoms with Crippen LogP contribution in [0, 0.1) is 16.0 Å². The van der Waals surface area contributed by atoms with Crippen molar-refractivity contribution >= 4 is 43.2 Å². The number of nitro groups is 1. The minimum absolute atomic E-state index is 0.0428. The molecule has 1 aromatic heterocycles. The summed E-state index contributed by atoms with van der Waals surface area (Å²) >= 11 is 1.28. The van der Waals surface area contributed by atoms with Crippen molar-refractivity contribution in [1.29, 1.82) is 0 Å². The number of thiazole rings is 1. The monoisotopic (exact) mass is 548 g/mol. The van der Waals surface area contributed by atoms with E-state index >= 15 is 0 Å². The lowest BCUT2D eigenvalue weighted by molar-refractivity contribution is -0.384. The van der Waals surface area contributed by atoms with E-state index in [0.717, 1.165) is 4.70 Å². The van der Waals surface area contributed by atoms with Gasteiger partial charge >= 0.3 is 0 Å². The Morgan fingerprint density at radius 2 is 1.89 bits per heavy atom. The van der Waals surface area contributed by atoms with E-state index in [9.17, 15) is 23.3 Å². The van der Waals surface area contributed by atoms with Crippen LogP contribution in [0.4, 0.5) is 5.69 Å². The Hall–Kier alpha value is -3.13. The molecule has 1 aliphatic heterocycles. The first-order valence-electron chi connectivity index (χ1n) is 11.8. The van der Waals surface area contributed by atoms with Gasteiger partial charge in [-0.3, -0.25) is 14.9 Å². The molecule has 3 aromatic rings. The first-order valence-corrected chi connectivity index (χ1v) is 14.1.